The average molecular weight is 326 g/mol. The fraction of sp³-hybridized carbons (Fsp3) is 0.389. The Morgan fingerprint density at radius 3 is 2.25 bits per heavy atom. The summed E-state index contributed by atoms with van der Waals surface area (Å²) in [5.74, 6) is 0.115. The molecule has 0 bridgehead atoms. The lowest BCUT2D eigenvalue weighted by Gasteiger charge is -2.35. The molecule has 1 aliphatic heterocycles. The van der Waals surface area contributed by atoms with Gasteiger partial charge in [0.05, 0.1) is 17.4 Å². The normalized spacial score (nSPS) is 15.0. The quantitative estimate of drug-likeness (QED) is 0.864. The Labute approximate surface area is 141 Å². The van der Waals surface area contributed by atoms with Crippen LogP contribution in [0.4, 0.5) is 0 Å². The van der Waals surface area contributed by atoms with Crippen LogP contribution in [0.15, 0.2) is 42.7 Å². The number of benzene rings is 1. The van der Waals surface area contributed by atoms with Gasteiger partial charge in [0.1, 0.15) is 0 Å². The standard InChI is InChI=1S/C18H22N4O2/c1-14(2)17(23)20-8-10-21(11-9-20)18(24)15-12-19-22(13-15)16-6-4-3-5-7-16/h3-7,12-14H,8-11H2,1-2H3. The van der Waals surface area contributed by atoms with Gasteiger partial charge in [-0.15, -0.1) is 0 Å². The zero-order valence-electron chi connectivity index (χ0n) is 14.1. The van der Waals surface area contributed by atoms with E-state index in [1.165, 1.54) is 0 Å². The van der Waals surface area contributed by atoms with E-state index in [2.05, 4.69) is 5.10 Å². The monoisotopic (exact) mass is 326 g/mol. The summed E-state index contributed by atoms with van der Waals surface area (Å²) in [6.07, 6.45) is 3.35. The van der Waals surface area contributed by atoms with E-state index in [9.17, 15) is 9.59 Å². The molecule has 0 spiro atoms. The molecule has 2 heterocycles. The average Bonchev–Trinajstić information content (AvgIpc) is 3.11. The Morgan fingerprint density at radius 2 is 1.62 bits per heavy atom. The maximum Gasteiger partial charge on any atom is 0.257 e. The maximum absolute atomic E-state index is 12.6. The molecule has 24 heavy (non-hydrogen) atoms. The molecule has 1 fully saturated rings. The minimum atomic E-state index is -0.0335. The van der Waals surface area contributed by atoms with Gasteiger partial charge in [-0.1, -0.05) is 32.0 Å². The number of para-hydroxylation sites is 1. The summed E-state index contributed by atoms with van der Waals surface area (Å²) in [6.45, 7) is 6.11. The molecule has 6 heteroatoms. The van der Waals surface area contributed by atoms with Gasteiger partial charge in [-0.2, -0.15) is 5.10 Å². The van der Waals surface area contributed by atoms with Crippen LogP contribution in [0.2, 0.25) is 0 Å². The molecule has 0 saturated carbocycles. The number of piperazine rings is 1. The van der Waals surface area contributed by atoms with E-state index in [0.29, 0.717) is 31.7 Å². The number of aromatic nitrogens is 2. The van der Waals surface area contributed by atoms with E-state index in [0.717, 1.165) is 5.69 Å². The van der Waals surface area contributed by atoms with Gasteiger partial charge in [-0.05, 0) is 12.1 Å². The van der Waals surface area contributed by atoms with Crippen molar-refractivity contribution in [3.63, 3.8) is 0 Å². The minimum absolute atomic E-state index is 0.00337. The summed E-state index contributed by atoms with van der Waals surface area (Å²) in [5, 5.41) is 4.27. The molecule has 126 valence electrons. The van der Waals surface area contributed by atoms with Crippen molar-refractivity contribution < 1.29 is 9.59 Å². The smallest absolute Gasteiger partial charge is 0.257 e. The van der Waals surface area contributed by atoms with E-state index in [1.54, 1.807) is 22.0 Å². The van der Waals surface area contributed by atoms with Crippen molar-refractivity contribution >= 4 is 11.8 Å². The molecule has 0 N–H and O–H groups in total. The van der Waals surface area contributed by atoms with Gasteiger partial charge in [0.25, 0.3) is 5.91 Å². The van der Waals surface area contributed by atoms with Gasteiger partial charge in [0.2, 0.25) is 5.91 Å². The van der Waals surface area contributed by atoms with E-state index in [-0.39, 0.29) is 17.7 Å². The zero-order valence-corrected chi connectivity index (χ0v) is 14.1. The second-order valence-corrected chi connectivity index (χ2v) is 6.28. The lowest BCUT2D eigenvalue weighted by atomic mass is 10.1. The highest BCUT2D eigenvalue weighted by Crippen LogP contribution is 2.13. The molecule has 1 aromatic carbocycles. The maximum atomic E-state index is 12.6. The highest BCUT2D eigenvalue weighted by atomic mass is 16.2. The fourth-order valence-corrected chi connectivity index (χ4v) is 2.83. The number of hydrogen-bond donors (Lipinski definition) is 0. The van der Waals surface area contributed by atoms with Crippen LogP contribution in [0.3, 0.4) is 0 Å². The number of carbonyl (C=O) groups is 2. The largest absolute Gasteiger partial charge is 0.339 e. The van der Waals surface area contributed by atoms with Crippen LogP contribution in [0.25, 0.3) is 5.69 Å². The van der Waals surface area contributed by atoms with Crippen LogP contribution >= 0.6 is 0 Å². The molecular weight excluding hydrogens is 304 g/mol. The van der Waals surface area contributed by atoms with E-state index in [4.69, 9.17) is 0 Å². The Bertz CT molecular complexity index is 716. The second-order valence-electron chi connectivity index (χ2n) is 6.28. The summed E-state index contributed by atoms with van der Waals surface area (Å²) in [7, 11) is 0. The van der Waals surface area contributed by atoms with Gasteiger partial charge in [0.15, 0.2) is 0 Å². The van der Waals surface area contributed by atoms with Crippen molar-refractivity contribution in [2.75, 3.05) is 26.2 Å². The number of nitrogens with zero attached hydrogens (tertiary/aromatic N) is 4. The highest BCUT2D eigenvalue weighted by Gasteiger charge is 2.26. The van der Waals surface area contributed by atoms with Crippen molar-refractivity contribution in [3.05, 3.63) is 48.3 Å². The Balaban J connectivity index is 1.64. The summed E-state index contributed by atoms with van der Waals surface area (Å²) in [6, 6.07) is 9.69. The number of rotatable bonds is 3. The SMILES string of the molecule is CC(C)C(=O)N1CCN(C(=O)c2cnn(-c3ccccc3)c2)CC1. The molecule has 1 aliphatic rings. The molecule has 0 unspecified atom stereocenters. The van der Waals surface area contributed by atoms with Crippen molar-refractivity contribution in [1.29, 1.82) is 0 Å². The number of carbonyl (C=O) groups excluding carboxylic acids is 2. The Hall–Kier alpha value is -2.63. The first kappa shape index (κ1) is 16.2. The Kier molecular flexibility index (Phi) is 4.64. The highest BCUT2D eigenvalue weighted by molar-refractivity contribution is 5.94. The van der Waals surface area contributed by atoms with Crippen molar-refractivity contribution in [2.45, 2.75) is 13.8 Å². The van der Waals surface area contributed by atoms with Crippen LogP contribution < -0.4 is 0 Å². The molecule has 6 nitrogen and oxygen atoms in total. The fourth-order valence-electron chi connectivity index (χ4n) is 2.83. The van der Waals surface area contributed by atoms with Gasteiger partial charge >= 0.3 is 0 Å². The topological polar surface area (TPSA) is 58.4 Å². The third kappa shape index (κ3) is 3.32. The van der Waals surface area contributed by atoms with Gasteiger partial charge in [-0.25, -0.2) is 4.68 Å². The molecule has 0 radical (unpaired) electrons. The third-order valence-electron chi connectivity index (χ3n) is 4.22. The van der Waals surface area contributed by atoms with E-state index in [1.807, 2.05) is 49.1 Å². The summed E-state index contributed by atoms with van der Waals surface area (Å²) in [5.41, 5.74) is 1.49. The molecule has 0 atom stereocenters. The van der Waals surface area contributed by atoms with Crippen LogP contribution in [-0.2, 0) is 4.79 Å². The molecule has 3 rings (SSSR count). The van der Waals surface area contributed by atoms with Gasteiger partial charge < -0.3 is 9.80 Å². The third-order valence-corrected chi connectivity index (χ3v) is 4.22. The lowest BCUT2D eigenvalue weighted by Crippen LogP contribution is -2.51. The summed E-state index contributed by atoms with van der Waals surface area (Å²) >= 11 is 0. The summed E-state index contributed by atoms with van der Waals surface area (Å²) < 4.78 is 1.70. The predicted molar refractivity (Wildman–Crippen MR) is 90.9 cm³/mol. The van der Waals surface area contributed by atoms with Crippen molar-refractivity contribution in [1.82, 2.24) is 19.6 Å². The minimum Gasteiger partial charge on any atom is -0.339 e. The zero-order chi connectivity index (χ0) is 17.1. The first-order chi connectivity index (χ1) is 11.6. The first-order valence-corrected chi connectivity index (χ1v) is 8.24. The molecule has 1 aromatic heterocycles. The Morgan fingerprint density at radius 1 is 1.00 bits per heavy atom. The van der Waals surface area contributed by atoms with Gasteiger partial charge in [0, 0.05) is 38.3 Å². The molecular formula is C18H22N4O2. The van der Waals surface area contributed by atoms with Crippen molar-refractivity contribution in [3.8, 4) is 5.69 Å². The molecule has 2 amide bonds. The van der Waals surface area contributed by atoms with E-state index >= 15 is 0 Å². The summed E-state index contributed by atoms with van der Waals surface area (Å²) in [4.78, 5) is 28.3. The van der Waals surface area contributed by atoms with Crippen LogP contribution in [0.1, 0.15) is 24.2 Å². The first-order valence-electron chi connectivity index (χ1n) is 8.24. The predicted octanol–water partition coefficient (Wildman–Crippen LogP) is 1.81. The van der Waals surface area contributed by atoms with E-state index < -0.39 is 0 Å². The number of hydrogen-bond acceptors (Lipinski definition) is 3. The van der Waals surface area contributed by atoms with Gasteiger partial charge in [-0.3, -0.25) is 9.59 Å². The second kappa shape index (κ2) is 6.86. The molecule has 1 saturated heterocycles. The number of amides is 2. The van der Waals surface area contributed by atoms with Crippen LogP contribution in [-0.4, -0.2) is 57.6 Å². The molecule has 2 aromatic rings. The molecule has 0 aliphatic carbocycles. The van der Waals surface area contributed by atoms with Crippen LogP contribution in [0.5, 0.6) is 0 Å². The lowest BCUT2D eigenvalue weighted by molar-refractivity contribution is -0.135. The van der Waals surface area contributed by atoms with Crippen LogP contribution in [0, 0.1) is 5.92 Å². The van der Waals surface area contributed by atoms with Crippen molar-refractivity contribution in [2.24, 2.45) is 5.92 Å².